The van der Waals surface area contributed by atoms with Crippen LogP contribution in [0.5, 0.6) is 5.88 Å². The third kappa shape index (κ3) is 3.02. The summed E-state index contributed by atoms with van der Waals surface area (Å²) in [5.41, 5.74) is 0.426. The van der Waals surface area contributed by atoms with E-state index in [1.165, 1.54) is 0 Å². The van der Waals surface area contributed by atoms with Crippen molar-refractivity contribution in [1.29, 1.82) is 0 Å². The van der Waals surface area contributed by atoms with E-state index in [-0.39, 0.29) is 29.4 Å². The van der Waals surface area contributed by atoms with Crippen LogP contribution in [-0.2, 0) is 4.79 Å². The molecule has 1 aromatic rings. The van der Waals surface area contributed by atoms with Gasteiger partial charge in [-0.05, 0) is 17.5 Å². The van der Waals surface area contributed by atoms with Crippen LogP contribution in [0.1, 0.15) is 37.6 Å². The number of hydrogen-bond acceptors (Lipinski definition) is 4. The fourth-order valence-corrected chi connectivity index (χ4v) is 3.15. The minimum absolute atomic E-state index is 0.0571. The van der Waals surface area contributed by atoms with E-state index >= 15 is 0 Å². The van der Waals surface area contributed by atoms with E-state index in [1.807, 2.05) is 20.8 Å². The zero-order valence-corrected chi connectivity index (χ0v) is 14.1. The van der Waals surface area contributed by atoms with Crippen molar-refractivity contribution in [3.63, 3.8) is 0 Å². The summed E-state index contributed by atoms with van der Waals surface area (Å²) in [6.45, 7) is 7.14. The van der Waals surface area contributed by atoms with Crippen molar-refractivity contribution in [1.82, 2.24) is 14.8 Å². The molecule has 0 spiro atoms. The van der Waals surface area contributed by atoms with Crippen molar-refractivity contribution >= 4 is 11.8 Å². The van der Waals surface area contributed by atoms with Crippen LogP contribution in [0.25, 0.3) is 0 Å². The summed E-state index contributed by atoms with van der Waals surface area (Å²) >= 11 is 0. The average molecular weight is 317 g/mol. The van der Waals surface area contributed by atoms with E-state index in [2.05, 4.69) is 4.98 Å². The van der Waals surface area contributed by atoms with Crippen LogP contribution in [0.4, 0.5) is 0 Å². The molecule has 2 amide bonds. The van der Waals surface area contributed by atoms with Crippen molar-refractivity contribution in [3.05, 3.63) is 23.9 Å². The summed E-state index contributed by atoms with van der Waals surface area (Å²) in [6.07, 6.45) is 1.87. The Hall–Kier alpha value is -2.11. The van der Waals surface area contributed by atoms with Crippen molar-refractivity contribution in [2.24, 2.45) is 5.41 Å². The number of carbonyl (C=O) groups excluding carboxylic acids is 2. The maximum atomic E-state index is 12.6. The minimum atomic E-state index is -0.232. The Morgan fingerprint density at radius 2 is 2.13 bits per heavy atom. The molecule has 0 aliphatic carbocycles. The molecule has 0 radical (unpaired) electrons. The van der Waals surface area contributed by atoms with Gasteiger partial charge in [0.15, 0.2) is 0 Å². The lowest BCUT2D eigenvalue weighted by Gasteiger charge is -2.25. The smallest absolute Gasteiger partial charge is 0.259 e. The van der Waals surface area contributed by atoms with Gasteiger partial charge in [0.05, 0.1) is 12.6 Å². The Bertz CT molecular complexity index is 638. The second-order valence-corrected chi connectivity index (χ2v) is 7.53. The highest BCUT2D eigenvalue weighted by molar-refractivity contribution is 5.97. The predicted octanol–water partition coefficient (Wildman–Crippen LogP) is 1.56. The largest absolute Gasteiger partial charge is 0.470 e. The van der Waals surface area contributed by atoms with Crippen LogP contribution in [-0.4, -0.2) is 58.9 Å². The van der Waals surface area contributed by atoms with E-state index in [4.69, 9.17) is 4.74 Å². The van der Waals surface area contributed by atoms with Gasteiger partial charge in [-0.3, -0.25) is 9.59 Å². The molecule has 6 heteroatoms. The summed E-state index contributed by atoms with van der Waals surface area (Å²) in [6, 6.07) is 3.32. The molecule has 3 rings (SSSR count). The van der Waals surface area contributed by atoms with Gasteiger partial charge in [0.2, 0.25) is 11.8 Å². The topological polar surface area (TPSA) is 62.7 Å². The first kappa shape index (κ1) is 15.8. The van der Waals surface area contributed by atoms with Crippen LogP contribution >= 0.6 is 0 Å². The fourth-order valence-electron chi connectivity index (χ4n) is 3.15. The second-order valence-electron chi connectivity index (χ2n) is 7.53. The number of fused-ring (bicyclic) bond motifs is 2. The molecule has 0 aromatic carbocycles. The number of hydrogen-bond donors (Lipinski definition) is 0. The Labute approximate surface area is 136 Å². The van der Waals surface area contributed by atoms with E-state index in [0.29, 0.717) is 31.0 Å². The van der Waals surface area contributed by atoms with Gasteiger partial charge in [-0.15, -0.1) is 0 Å². The molecule has 2 aliphatic rings. The average Bonchev–Trinajstić information content (AvgIpc) is 2.85. The monoisotopic (exact) mass is 317 g/mol. The normalized spacial score (nSPS) is 23.9. The highest BCUT2D eigenvalue weighted by Crippen LogP contribution is 2.30. The number of carbonyl (C=O) groups is 2. The Balaban J connectivity index is 1.82. The summed E-state index contributed by atoms with van der Waals surface area (Å²) in [5, 5.41) is 0. The lowest BCUT2D eigenvalue weighted by Crippen LogP contribution is -2.44. The van der Waals surface area contributed by atoms with Gasteiger partial charge in [0, 0.05) is 26.2 Å². The van der Waals surface area contributed by atoms with Crippen LogP contribution in [0.15, 0.2) is 18.3 Å². The van der Waals surface area contributed by atoms with Gasteiger partial charge in [-0.1, -0.05) is 20.8 Å². The molecule has 1 saturated heterocycles. The molecule has 1 fully saturated rings. The van der Waals surface area contributed by atoms with Crippen molar-refractivity contribution in [2.45, 2.75) is 39.3 Å². The maximum absolute atomic E-state index is 12.6. The second kappa shape index (κ2) is 5.51. The number of rotatable bonds is 1. The molecule has 23 heavy (non-hydrogen) atoms. The zero-order chi connectivity index (χ0) is 16.8. The third-order valence-corrected chi connectivity index (χ3v) is 4.35. The first-order valence-electron chi connectivity index (χ1n) is 7.93. The first-order chi connectivity index (χ1) is 10.8. The van der Waals surface area contributed by atoms with E-state index in [1.54, 1.807) is 35.2 Å². The lowest BCUT2D eigenvalue weighted by molar-refractivity contribution is -0.132. The quantitative estimate of drug-likeness (QED) is 0.788. The molecule has 2 unspecified atom stereocenters. The van der Waals surface area contributed by atoms with Gasteiger partial charge in [-0.25, -0.2) is 4.98 Å². The molecule has 6 nitrogen and oxygen atoms in total. The Kier molecular flexibility index (Phi) is 3.78. The van der Waals surface area contributed by atoms with Gasteiger partial charge < -0.3 is 14.5 Å². The van der Waals surface area contributed by atoms with Crippen LogP contribution < -0.4 is 4.74 Å². The van der Waals surface area contributed by atoms with Crippen LogP contribution in [0.3, 0.4) is 0 Å². The minimum Gasteiger partial charge on any atom is -0.470 e. The highest BCUT2D eigenvalue weighted by Gasteiger charge is 2.44. The number of likely N-dealkylation sites (tertiary alicyclic amines) is 1. The number of ether oxygens (including phenoxy) is 1. The van der Waals surface area contributed by atoms with Gasteiger partial charge in [-0.2, -0.15) is 0 Å². The number of likely N-dealkylation sites (N-methyl/N-ethyl adjacent to an activating group) is 1. The van der Waals surface area contributed by atoms with Crippen LogP contribution in [0, 0.1) is 5.41 Å². The van der Waals surface area contributed by atoms with E-state index in [9.17, 15) is 9.59 Å². The lowest BCUT2D eigenvalue weighted by atomic mass is 9.92. The van der Waals surface area contributed by atoms with Crippen molar-refractivity contribution in [3.8, 4) is 5.88 Å². The first-order valence-corrected chi connectivity index (χ1v) is 7.93. The SMILES string of the molecule is CN1C(=O)c2cccnc2OC2CN(C(=O)CC(C)(C)C)CC21. The maximum Gasteiger partial charge on any atom is 0.259 e. The Morgan fingerprint density at radius 3 is 2.83 bits per heavy atom. The predicted molar refractivity (Wildman–Crippen MR) is 85.2 cm³/mol. The number of amides is 2. The highest BCUT2D eigenvalue weighted by atomic mass is 16.5. The van der Waals surface area contributed by atoms with Gasteiger partial charge in [0.25, 0.3) is 5.91 Å². The van der Waals surface area contributed by atoms with Crippen molar-refractivity contribution < 1.29 is 14.3 Å². The molecule has 2 aliphatic heterocycles. The molecule has 0 N–H and O–H groups in total. The summed E-state index contributed by atoms with van der Waals surface area (Å²) in [7, 11) is 1.77. The van der Waals surface area contributed by atoms with Gasteiger partial charge >= 0.3 is 0 Å². The number of nitrogens with zero attached hydrogens (tertiary/aromatic N) is 3. The molecule has 0 saturated carbocycles. The number of pyridine rings is 1. The van der Waals surface area contributed by atoms with Crippen molar-refractivity contribution in [2.75, 3.05) is 20.1 Å². The summed E-state index contributed by atoms with van der Waals surface area (Å²) < 4.78 is 5.96. The van der Waals surface area contributed by atoms with E-state index < -0.39 is 0 Å². The number of aromatic nitrogens is 1. The van der Waals surface area contributed by atoms with Gasteiger partial charge in [0.1, 0.15) is 11.7 Å². The molecule has 2 atom stereocenters. The molecule has 1 aromatic heterocycles. The molecule has 3 heterocycles. The summed E-state index contributed by atoms with van der Waals surface area (Å²) in [5.74, 6) is 0.365. The molecule has 0 bridgehead atoms. The Morgan fingerprint density at radius 1 is 1.39 bits per heavy atom. The zero-order valence-electron chi connectivity index (χ0n) is 14.1. The van der Waals surface area contributed by atoms with Crippen LogP contribution in [0.2, 0.25) is 0 Å². The third-order valence-electron chi connectivity index (χ3n) is 4.35. The summed E-state index contributed by atoms with van der Waals surface area (Å²) in [4.78, 5) is 32.7. The molecule has 124 valence electrons. The molecular formula is C17H23N3O3. The van der Waals surface area contributed by atoms with E-state index in [0.717, 1.165) is 0 Å². The molecular weight excluding hydrogens is 294 g/mol. The standard InChI is InChI=1S/C17H23N3O3/c1-17(2,3)8-14(21)20-9-12-13(10-20)23-15-11(6-5-7-18-15)16(22)19(12)4/h5-7,12-13H,8-10H2,1-4H3. The fraction of sp³-hybridized carbons (Fsp3) is 0.588.